The van der Waals surface area contributed by atoms with Crippen LogP contribution in [0.4, 0.5) is 0 Å². The molecule has 0 aliphatic heterocycles. The van der Waals surface area contributed by atoms with Crippen LogP contribution in [0, 0.1) is 0 Å². The van der Waals surface area contributed by atoms with Crippen molar-refractivity contribution in [3.8, 4) is 0 Å². The molecule has 100 valence electrons. The second-order valence-electron chi connectivity index (χ2n) is 3.60. The highest BCUT2D eigenvalue weighted by molar-refractivity contribution is 9.10. The summed E-state index contributed by atoms with van der Waals surface area (Å²) >= 11 is 3.01. The summed E-state index contributed by atoms with van der Waals surface area (Å²) in [6.45, 7) is 0.468. The van der Waals surface area contributed by atoms with Crippen molar-refractivity contribution >= 4 is 21.9 Å². The van der Waals surface area contributed by atoms with E-state index in [1.54, 1.807) is 0 Å². The summed E-state index contributed by atoms with van der Waals surface area (Å²) < 4.78 is 2.81. The zero-order valence-corrected chi connectivity index (χ0v) is 11.0. The van der Waals surface area contributed by atoms with E-state index in [1.807, 2.05) is 0 Å². The van der Waals surface area contributed by atoms with Crippen molar-refractivity contribution in [3.05, 3.63) is 43.4 Å². The van der Waals surface area contributed by atoms with Crippen LogP contribution in [0.2, 0.25) is 0 Å². The molecule has 0 amide bonds. The number of carboxylic acid groups (broad SMARTS) is 1. The van der Waals surface area contributed by atoms with Crippen LogP contribution in [0.25, 0.3) is 0 Å². The zero-order chi connectivity index (χ0) is 14.0. The molecule has 10 heteroatoms. The number of aromatic carboxylic acids is 1. The van der Waals surface area contributed by atoms with Gasteiger partial charge in [-0.2, -0.15) is 0 Å². The fourth-order valence-corrected chi connectivity index (χ4v) is 1.71. The van der Waals surface area contributed by atoms with E-state index >= 15 is 0 Å². The first kappa shape index (κ1) is 13.2. The lowest BCUT2D eigenvalue weighted by atomic mass is 10.5. The Bertz CT molecular complexity index is 731. The van der Waals surface area contributed by atoms with E-state index in [4.69, 9.17) is 5.11 Å². The Kier molecular flexibility index (Phi) is 3.60. The van der Waals surface area contributed by atoms with Gasteiger partial charge in [-0.3, -0.25) is 14.3 Å². The third kappa shape index (κ3) is 2.96. The molecule has 0 aliphatic rings. The summed E-state index contributed by atoms with van der Waals surface area (Å²) in [7, 11) is 0. The summed E-state index contributed by atoms with van der Waals surface area (Å²) in [5, 5.41) is 15.7. The second-order valence-corrected chi connectivity index (χ2v) is 4.46. The zero-order valence-electron chi connectivity index (χ0n) is 9.41. The number of hydrogen-bond donors (Lipinski definition) is 2. The summed E-state index contributed by atoms with van der Waals surface area (Å²) in [5.74, 6) is -1.17. The first-order chi connectivity index (χ1) is 8.97. The minimum atomic E-state index is -1.17. The molecule has 0 bridgehead atoms. The van der Waals surface area contributed by atoms with Crippen LogP contribution in [0.15, 0.2) is 26.5 Å². The quantitative estimate of drug-likeness (QED) is 0.763. The maximum Gasteiger partial charge on any atom is 0.358 e. The number of aromatic amines is 1. The molecule has 19 heavy (non-hydrogen) atoms. The first-order valence-electron chi connectivity index (χ1n) is 5.10. The van der Waals surface area contributed by atoms with E-state index in [2.05, 4.69) is 31.2 Å². The molecule has 0 saturated heterocycles. The maximum absolute atomic E-state index is 11.5. The number of halogens is 1. The number of carboxylic acids is 1. The molecule has 2 aromatic rings. The van der Waals surface area contributed by atoms with Gasteiger partial charge in [0.1, 0.15) is 0 Å². The number of nitrogens with zero attached hydrogens (tertiary/aromatic N) is 4. The lowest BCUT2D eigenvalue weighted by molar-refractivity contribution is 0.0690. The van der Waals surface area contributed by atoms with E-state index in [0.29, 0.717) is 0 Å². The van der Waals surface area contributed by atoms with Crippen LogP contribution in [0.3, 0.4) is 0 Å². The van der Waals surface area contributed by atoms with E-state index in [9.17, 15) is 14.4 Å². The Morgan fingerprint density at radius 1 is 1.37 bits per heavy atom. The Balaban J connectivity index is 2.14. The van der Waals surface area contributed by atoms with Gasteiger partial charge in [-0.05, 0) is 15.9 Å². The van der Waals surface area contributed by atoms with Gasteiger partial charge in [0, 0.05) is 12.7 Å². The van der Waals surface area contributed by atoms with Gasteiger partial charge in [-0.1, -0.05) is 5.21 Å². The number of hydrogen-bond acceptors (Lipinski definition) is 5. The number of carbonyl (C=O) groups is 1. The monoisotopic (exact) mass is 329 g/mol. The molecule has 0 radical (unpaired) electrons. The summed E-state index contributed by atoms with van der Waals surface area (Å²) in [4.78, 5) is 35.4. The molecule has 0 aliphatic carbocycles. The Hall–Kier alpha value is -2.23. The van der Waals surface area contributed by atoms with Gasteiger partial charge in [0.15, 0.2) is 5.69 Å². The lowest BCUT2D eigenvalue weighted by Crippen LogP contribution is -2.30. The molecule has 9 nitrogen and oxygen atoms in total. The van der Waals surface area contributed by atoms with Crippen LogP contribution in [0.5, 0.6) is 0 Å². The molecule has 2 N–H and O–H groups in total. The molecule has 2 rings (SSSR count). The summed E-state index contributed by atoms with van der Waals surface area (Å²) in [6, 6.07) is 0. The minimum absolute atomic E-state index is 0.171. The van der Waals surface area contributed by atoms with Crippen molar-refractivity contribution < 1.29 is 9.90 Å². The fraction of sp³-hybridized carbons (Fsp3) is 0.222. The average molecular weight is 330 g/mol. The van der Waals surface area contributed by atoms with Crippen molar-refractivity contribution in [1.82, 2.24) is 24.5 Å². The van der Waals surface area contributed by atoms with Gasteiger partial charge in [0.25, 0.3) is 5.56 Å². The van der Waals surface area contributed by atoms with Gasteiger partial charge in [-0.15, -0.1) is 5.10 Å². The molecular formula is C9H8BrN5O4. The minimum Gasteiger partial charge on any atom is -0.476 e. The molecular weight excluding hydrogens is 322 g/mol. The van der Waals surface area contributed by atoms with Crippen LogP contribution < -0.4 is 11.2 Å². The number of nitrogens with one attached hydrogen (secondary N) is 1. The highest BCUT2D eigenvalue weighted by atomic mass is 79.9. The van der Waals surface area contributed by atoms with Crippen molar-refractivity contribution in [2.45, 2.75) is 13.1 Å². The Morgan fingerprint density at radius 2 is 2.11 bits per heavy atom. The third-order valence-electron chi connectivity index (χ3n) is 2.30. The summed E-state index contributed by atoms with van der Waals surface area (Å²) in [6.07, 6.45) is 2.62. The number of aryl methyl sites for hydroxylation is 2. The Morgan fingerprint density at radius 3 is 2.74 bits per heavy atom. The smallest absolute Gasteiger partial charge is 0.358 e. The van der Waals surface area contributed by atoms with E-state index in [1.165, 1.54) is 21.6 Å². The van der Waals surface area contributed by atoms with Crippen molar-refractivity contribution in [2.24, 2.45) is 0 Å². The highest BCUT2D eigenvalue weighted by Gasteiger charge is 2.08. The highest BCUT2D eigenvalue weighted by Crippen LogP contribution is 1.99. The van der Waals surface area contributed by atoms with Gasteiger partial charge >= 0.3 is 11.7 Å². The van der Waals surface area contributed by atoms with Gasteiger partial charge < -0.3 is 5.11 Å². The largest absolute Gasteiger partial charge is 0.476 e. The van der Waals surface area contributed by atoms with E-state index in [0.717, 1.165) is 0 Å². The first-order valence-corrected chi connectivity index (χ1v) is 5.89. The van der Waals surface area contributed by atoms with Crippen LogP contribution in [-0.4, -0.2) is 35.6 Å². The van der Waals surface area contributed by atoms with Crippen LogP contribution >= 0.6 is 15.9 Å². The lowest BCUT2D eigenvalue weighted by Gasteiger charge is -2.04. The predicted octanol–water partition coefficient (Wildman–Crippen LogP) is -0.711. The molecule has 0 saturated carbocycles. The van der Waals surface area contributed by atoms with E-state index < -0.39 is 17.2 Å². The SMILES string of the molecule is O=C(O)c1cn(CCn2cc(Br)c(=O)[nH]c2=O)nn1. The third-order valence-corrected chi connectivity index (χ3v) is 2.86. The normalized spacial score (nSPS) is 10.6. The number of aromatic nitrogens is 5. The van der Waals surface area contributed by atoms with Gasteiger partial charge in [0.05, 0.1) is 17.2 Å². The molecule has 0 fully saturated rings. The number of rotatable bonds is 4. The fourth-order valence-electron chi connectivity index (χ4n) is 1.36. The number of H-pyrrole nitrogens is 1. The van der Waals surface area contributed by atoms with Crippen molar-refractivity contribution in [1.29, 1.82) is 0 Å². The van der Waals surface area contributed by atoms with Gasteiger partial charge in [-0.25, -0.2) is 14.3 Å². The molecule has 0 atom stereocenters. The standard InChI is InChI=1S/C9H8BrN5O4/c10-5-3-14(9(19)11-7(5)16)1-2-15-4-6(8(17)18)12-13-15/h3-4H,1-2H2,(H,17,18)(H,11,16,19). The average Bonchev–Trinajstić information content (AvgIpc) is 2.81. The van der Waals surface area contributed by atoms with Crippen LogP contribution in [-0.2, 0) is 13.1 Å². The molecule has 2 heterocycles. The van der Waals surface area contributed by atoms with E-state index in [-0.39, 0.29) is 23.3 Å². The molecule has 0 spiro atoms. The van der Waals surface area contributed by atoms with Crippen LogP contribution in [0.1, 0.15) is 10.5 Å². The van der Waals surface area contributed by atoms with Crippen molar-refractivity contribution in [2.75, 3.05) is 0 Å². The molecule has 0 aromatic carbocycles. The Labute approximate surface area is 113 Å². The molecule has 2 aromatic heterocycles. The summed E-state index contributed by atoms with van der Waals surface area (Å²) in [5.41, 5.74) is -1.23. The van der Waals surface area contributed by atoms with Gasteiger partial charge in [0.2, 0.25) is 0 Å². The van der Waals surface area contributed by atoms with Crippen molar-refractivity contribution in [3.63, 3.8) is 0 Å². The molecule has 0 unspecified atom stereocenters. The topological polar surface area (TPSA) is 123 Å². The second kappa shape index (κ2) is 5.18. The maximum atomic E-state index is 11.5. The predicted molar refractivity (Wildman–Crippen MR) is 66.0 cm³/mol.